The molecule has 1 heterocycles. The maximum atomic E-state index is 11.5. The summed E-state index contributed by atoms with van der Waals surface area (Å²) in [5.41, 5.74) is 0. The molecule has 0 unspecified atom stereocenters. The van der Waals surface area contributed by atoms with Gasteiger partial charge >= 0.3 is 6.18 Å². The van der Waals surface area contributed by atoms with Crippen LogP contribution in [0.3, 0.4) is 0 Å². The van der Waals surface area contributed by atoms with Crippen molar-refractivity contribution in [1.82, 2.24) is 0 Å². The van der Waals surface area contributed by atoms with E-state index in [4.69, 9.17) is 0 Å². The Morgan fingerprint density at radius 2 is 1.89 bits per heavy atom. The quantitative estimate of drug-likeness (QED) is 0.537. The Bertz CT molecular complexity index is 94.9. The Morgan fingerprint density at radius 3 is 2.00 bits per heavy atom. The molecule has 1 nitrogen and oxygen atoms in total. The molecular weight excluding hydrogens is 133 g/mol. The van der Waals surface area contributed by atoms with Crippen LogP contribution in [0.1, 0.15) is 6.42 Å². The standard InChI is InChI=1S/C5H7F3O/c6-5(7,8)1-4-2-9-3-4/h4H,1-3H2. The first kappa shape index (κ1) is 6.86. The molecule has 0 radical (unpaired) electrons. The van der Waals surface area contributed by atoms with E-state index in [9.17, 15) is 13.2 Å². The van der Waals surface area contributed by atoms with Gasteiger partial charge in [-0.25, -0.2) is 0 Å². The van der Waals surface area contributed by atoms with Crippen molar-refractivity contribution in [2.24, 2.45) is 5.92 Å². The molecule has 1 rings (SSSR count). The van der Waals surface area contributed by atoms with Gasteiger partial charge in [0.2, 0.25) is 0 Å². The van der Waals surface area contributed by atoms with Crippen LogP contribution in [-0.2, 0) is 4.74 Å². The average Bonchev–Trinajstić information content (AvgIpc) is 1.53. The Hall–Kier alpha value is -0.250. The van der Waals surface area contributed by atoms with Crippen LogP contribution in [0, 0.1) is 5.92 Å². The van der Waals surface area contributed by atoms with Gasteiger partial charge in [0.1, 0.15) is 0 Å². The second kappa shape index (κ2) is 2.17. The topological polar surface area (TPSA) is 9.23 Å². The third-order valence-electron chi connectivity index (χ3n) is 1.23. The molecule has 0 amide bonds. The highest BCUT2D eigenvalue weighted by Gasteiger charge is 2.34. The largest absolute Gasteiger partial charge is 0.389 e. The molecule has 0 bridgehead atoms. The van der Waals surface area contributed by atoms with Crippen molar-refractivity contribution in [2.75, 3.05) is 13.2 Å². The Labute approximate surface area is 50.8 Å². The maximum Gasteiger partial charge on any atom is 0.389 e. The predicted molar refractivity (Wildman–Crippen MR) is 25.0 cm³/mol. The van der Waals surface area contributed by atoms with E-state index in [0.717, 1.165) is 0 Å². The maximum absolute atomic E-state index is 11.5. The van der Waals surface area contributed by atoms with Gasteiger partial charge in [0.25, 0.3) is 0 Å². The zero-order valence-corrected chi connectivity index (χ0v) is 4.74. The molecule has 0 spiro atoms. The van der Waals surface area contributed by atoms with Crippen molar-refractivity contribution in [2.45, 2.75) is 12.6 Å². The fraction of sp³-hybridized carbons (Fsp3) is 1.00. The molecule has 0 saturated carbocycles. The number of hydrogen-bond donors (Lipinski definition) is 0. The van der Waals surface area contributed by atoms with Gasteiger partial charge in [0.15, 0.2) is 0 Å². The summed E-state index contributed by atoms with van der Waals surface area (Å²) >= 11 is 0. The fourth-order valence-corrected chi connectivity index (χ4v) is 0.730. The summed E-state index contributed by atoms with van der Waals surface area (Å²) in [6.07, 6.45) is -4.69. The minimum Gasteiger partial charge on any atom is -0.381 e. The van der Waals surface area contributed by atoms with Crippen molar-refractivity contribution >= 4 is 0 Å². The highest BCUT2D eigenvalue weighted by atomic mass is 19.4. The highest BCUT2D eigenvalue weighted by molar-refractivity contribution is 4.68. The lowest BCUT2D eigenvalue weighted by Crippen LogP contribution is -2.31. The monoisotopic (exact) mass is 140 g/mol. The van der Waals surface area contributed by atoms with Crippen molar-refractivity contribution < 1.29 is 17.9 Å². The first-order chi connectivity index (χ1) is 4.08. The van der Waals surface area contributed by atoms with Crippen LogP contribution in [0.5, 0.6) is 0 Å². The van der Waals surface area contributed by atoms with E-state index < -0.39 is 12.6 Å². The summed E-state index contributed by atoms with van der Waals surface area (Å²) in [5.74, 6) is -0.273. The van der Waals surface area contributed by atoms with Gasteiger partial charge < -0.3 is 4.74 Å². The Balaban J connectivity index is 2.16. The summed E-state index contributed by atoms with van der Waals surface area (Å²) in [7, 11) is 0. The number of hydrogen-bond acceptors (Lipinski definition) is 1. The molecule has 54 valence electrons. The lowest BCUT2D eigenvalue weighted by atomic mass is 10.0. The molecule has 0 aliphatic carbocycles. The highest BCUT2D eigenvalue weighted by Crippen LogP contribution is 2.28. The first-order valence-corrected chi connectivity index (χ1v) is 2.72. The second-order valence-corrected chi connectivity index (χ2v) is 2.22. The van der Waals surface area contributed by atoms with E-state index in [-0.39, 0.29) is 19.1 Å². The minimum absolute atomic E-state index is 0.273. The summed E-state index contributed by atoms with van der Waals surface area (Å²) in [4.78, 5) is 0. The van der Waals surface area contributed by atoms with E-state index in [1.807, 2.05) is 0 Å². The first-order valence-electron chi connectivity index (χ1n) is 2.72. The van der Waals surface area contributed by atoms with E-state index in [0.29, 0.717) is 0 Å². The molecule has 4 heteroatoms. The molecule has 1 saturated heterocycles. The molecule has 0 aromatic carbocycles. The molecule has 0 N–H and O–H groups in total. The van der Waals surface area contributed by atoms with Crippen molar-refractivity contribution in [3.05, 3.63) is 0 Å². The Kier molecular flexibility index (Phi) is 1.66. The number of alkyl halides is 3. The van der Waals surface area contributed by atoms with Crippen LogP contribution in [0.2, 0.25) is 0 Å². The average molecular weight is 140 g/mol. The van der Waals surface area contributed by atoms with Crippen LogP contribution < -0.4 is 0 Å². The van der Waals surface area contributed by atoms with Crippen LogP contribution in [0.4, 0.5) is 13.2 Å². The molecule has 0 aromatic heterocycles. The lowest BCUT2D eigenvalue weighted by Gasteiger charge is -2.26. The van der Waals surface area contributed by atoms with Crippen LogP contribution in [0.25, 0.3) is 0 Å². The molecular formula is C5H7F3O. The zero-order valence-electron chi connectivity index (χ0n) is 4.74. The fourth-order valence-electron chi connectivity index (χ4n) is 0.730. The normalized spacial score (nSPS) is 21.7. The van der Waals surface area contributed by atoms with E-state index >= 15 is 0 Å². The summed E-state index contributed by atoms with van der Waals surface area (Å²) in [6.45, 7) is 0.555. The third kappa shape index (κ3) is 2.22. The van der Waals surface area contributed by atoms with Gasteiger partial charge in [-0.1, -0.05) is 0 Å². The smallest absolute Gasteiger partial charge is 0.381 e. The van der Waals surface area contributed by atoms with Crippen LogP contribution >= 0.6 is 0 Å². The molecule has 9 heavy (non-hydrogen) atoms. The summed E-state index contributed by atoms with van der Waals surface area (Å²) in [6, 6.07) is 0. The van der Waals surface area contributed by atoms with E-state index in [1.54, 1.807) is 0 Å². The molecule has 1 aliphatic rings. The van der Waals surface area contributed by atoms with E-state index in [2.05, 4.69) is 4.74 Å². The zero-order chi connectivity index (χ0) is 6.91. The number of halogens is 3. The predicted octanol–water partition coefficient (Wildman–Crippen LogP) is 1.59. The molecule has 0 atom stereocenters. The van der Waals surface area contributed by atoms with Crippen molar-refractivity contribution in [3.63, 3.8) is 0 Å². The van der Waals surface area contributed by atoms with Gasteiger partial charge in [-0.05, 0) is 0 Å². The molecule has 1 fully saturated rings. The summed E-state index contributed by atoms with van der Waals surface area (Å²) in [5, 5.41) is 0. The van der Waals surface area contributed by atoms with E-state index in [1.165, 1.54) is 0 Å². The second-order valence-electron chi connectivity index (χ2n) is 2.22. The number of ether oxygens (including phenoxy) is 1. The lowest BCUT2D eigenvalue weighted by molar-refractivity contribution is -0.172. The van der Waals surface area contributed by atoms with Gasteiger partial charge in [0, 0.05) is 5.92 Å². The third-order valence-corrected chi connectivity index (χ3v) is 1.23. The van der Waals surface area contributed by atoms with Gasteiger partial charge in [-0.15, -0.1) is 0 Å². The minimum atomic E-state index is -4.01. The van der Waals surface area contributed by atoms with Gasteiger partial charge in [-0.3, -0.25) is 0 Å². The Morgan fingerprint density at radius 1 is 1.33 bits per heavy atom. The van der Waals surface area contributed by atoms with Gasteiger partial charge in [-0.2, -0.15) is 13.2 Å². The van der Waals surface area contributed by atoms with Crippen molar-refractivity contribution in [1.29, 1.82) is 0 Å². The SMILES string of the molecule is FC(F)(F)CC1COC1. The molecule has 1 aliphatic heterocycles. The molecule has 0 aromatic rings. The summed E-state index contributed by atoms with van der Waals surface area (Å²) < 4.78 is 39.0. The van der Waals surface area contributed by atoms with Crippen molar-refractivity contribution in [3.8, 4) is 0 Å². The van der Waals surface area contributed by atoms with Crippen LogP contribution in [-0.4, -0.2) is 19.4 Å². The van der Waals surface area contributed by atoms with Gasteiger partial charge in [0.05, 0.1) is 19.6 Å². The number of rotatable bonds is 1. The van der Waals surface area contributed by atoms with Crippen LogP contribution in [0.15, 0.2) is 0 Å².